The Morgan fingerprint density at radius 1 is 1.17 bits per heavy atom. The Morgan fingerprint density at radius 3 is 2.54 bits per heavy atom. The molecule has 0 N–H and O–H groups in total. The molecule has 1 atom stereocenters. The highest BCUT2D eigenvalue weighted by atomic mass is 16.3. The van der Waals surface area contributed by atoms with Gasteiger partial charge < -0.3 is 9.34 Å². The SMILES string of the molecule is CB1C=c2c(oc3ccccc23)=CN1N1[C@@H](C)C(C)(C)CC1(C)C. The highest BCUT2D eigenvalue weighted by Crippen LogP contribution is 2.47. The van der Waals surface area contributed by atoms with Crippen molar-refractivity contribution < 1.29 is 4.42 Å². The van der Waals surface area contributed by atoms with Gasteiger partial charge in [0.05, 0.1) is 0 Å². The first-order valence-corrected chi connectivity index (χ1v) is 8.99. The van der Waals surface area contributed by atoms with Gasteiger partial charge in [0.1, 0.15) is 11.0 Å². The van der Waals surface area contributed by atoms with E-state index in [4.69, 9.17) is 4.42 Å². The molecular weight excluding hydrogens is 295 g/mol. The first kappa shape index (κ1) is 15.8. The molecular formula is C20H27BN2O. The maximum Gasteiger partial charge on any atom is 0.296 e. The van der Waals surface area contributed by atoms with Crippen LogP contribution in [0, 0.1) is 5.41 Å². The molecule has 2 aromatic rings. The van der Waals surface area contributed by atoms with Gasteiger partial charge in [0.2, 0.25) is 0 Å². The molecule has 0 spiro atoms. The molecule has 126 valence electrons. The summed E-state index contributed by atoms with van der Waals surface area (Å²) in [4.78, 5) is 2.39. The lowest BCUT2D eigenvalue weighted by Crippen LogP contribution is -2.58. The Morgan fingerprint density at radius 2 is 1.88 bits per heavy atom. The lowest BCUT2D eigenvalue weighted by molar-refractivity contribution is 0.00194. The summed E-state index contributed by atoms with van der Waals surface area (Å²) < 4.78 is 6.13. The minimum atomic E-state index is 0.130. The van der Waals surface area contributed by atoms with Crippen molar-refractivity contribution in [2.75, 3.05) is 0 Å². The third-order valence-electron chi connectivity index (χ3n) is 5.99. The topological polar surface area (TPSA) is 19.6 Å². The summed E-state index contributed by atoms with van der Waals surface area (Å²) in [5.41, 5.74) is 2.37. The standard InChI is InChI=1S/C20H27BN2O/c1-14-19(2,3)13-20(4,5)23(14)22-12-18-16(11-21(22)6)15-9-7-8-10-17(15)24-18/h7-12,14H,13H2,1-6H3/t14-/m0/s1. The van der Waals surface area contributed by atoms with Gasteiger partial charge in [-0.25, -0.2) is 5.01 Å². The number of para-hydroxylation sites is 1. The number of fused-ring (bicyclic) bond motifs is 3. The number of rotatable bonds is 1. The average molecular weight is 322 g/mol. The van der Waals surface area contributed by atoms with E-state index in [0.29, 0.717) is 18.3 Å². The summed E-state index contributed by atoms with van der Waals surface area (Å²) in [5, 5.41) is 5.01. The second kappa shape index (κ2) is 4.92. The molecule has 3 nitrogen and oxygen atoms in total. The fourth-order valence-electron chi connectivity index (χ4n) is 4.88. The number of hydrogen-bond acceptors (Lipinski definition) is 3. The van der Waals surface area contributed by atoms with Crippen molar-refractivity contribution in [3.8, 4) is 0 Å². The van der Waals surface area contributed by atoms with Gasteiger partial charge in [-0.3, -0.25) is 0 Å². The number of benzene rings is 1. The van der Waals surface area contributed by atoms with Crippen LogP contribution in [0.25, 0.3) is 23.1 Å². The van der Waals surface area contributed by atoms with Crippen LogP contribution in [-0.2, 0) is 0 Å². The Balaban J connectivity index is 1.86. The molecule has 1 aromatic heterocycles. The normalized spacial score (nSPS) is 25.5. The maximum absolute atomic E-state index is 6.13. The van der Waals surface area contributed by atoms with E-state index in [1.165, 1.54) is 17.0 Å². The average Bonchev–Trinajstić information content (AvgIpc) is 2.91. The van der Waals surface area contributed by atoms with Gasteiger partial charge in [-0.15, -0.1) is 0 Å². The van der Waals surface area contributed by atoms with Gasteiger partial charge in [-0.2, -0.15) is 0 Å². The van der Waals surface area contributed by atoms with Crippen molar-refractivity contribution in [3.63, 3.8) is 0 Å². The fourth-order valence-corrected chi connectivity index (χ4v) is 4.88. The van der Waals surface area contributed by atoms with E-state index < -0.39 is 0 Å². The molecule has 2 aliphatic heterocycles. The van der Waals surface area contributed by atoms with Crippen LogP contribution in [0.3, 0.4) is 0 Å². The van der Waals surface area contributed by atoms with E-state index in [1.54, 1.807) is 0 Å². The van der Waals surface area contributed by atoms with Crippen LogP contribution < -0.4 is 10.6 Å². The predicted molar refractivity (Wildman–Crippen MR) is 102 cm³/mol. The van der Waals surface area contributed by atoms with Crippen LogP contribution in [0.5, 0.6) is 0 Å². The Hall–Kier alpha value is -1.68. The quantitative estimate of drug-likeness (QED) is 0.752. The molecule has 4 rings (SSSR count). The molecule has 0 aliphatic carbocycles. The molecule has 24 heavy (non-hydrogen) atoms. The van der Waals surface area contributed by atoms with Gasteiger partial charge in [0.15, 0.2) is 0 Å². The highest BCUT2D eigenvalue weighted by Gasteiger charge is 2.51. The zero-order valence-electron chi connectivity index (χ0n) is 15.6. The smallest absolute Gasteiger partial charge is 0.296 e. The summed E-state index contributed by atoms with van der Waals surface area (Å²) in [7, 11) is 0. The summed E-state index contributed by atoms with van der Waals surface area (Å²) >= 11 is 0. The monoisotopic (exact) mass is 322 g/mol. The van der Waals surface area contributed by atoms with E-state index in [9.17, 15) is 0 Å². The zero-order chi connectivity index (χ0) is 17.3. The van der Waals surface area contributed by atoms with Crippen molar-refractivity contribution in [2.24, 2.45) is 5.41 Å². The number of hydrogen-bond donors (Lipinski definition) is 0. The molecule has 1 aromatic carbocycles. The molecule has 1 fully saturated rings. The summed E-state index contributed by atoms with van der Waals surface area (Å²) in [5.74, 6) is 2.34. The van der Waals surface area contributed by atoms with Crippen LogP contribution in [0.15, 0.2) is 28.7 Å². The third-order valence-corrected chi connectivity index (χ3v) is 5.99. The first-order chi connectivity index (χ1) is 11.2. The molecule has 3 heterocycles. The number of hydrazine groups is 1. The lowest BCUT2D eigenvalue weighted by atomic mass is 9.62. The van der Waals surface area contributed by atoms with Crippen LogP contribution in [0.1, 0.15) is 41.0 Å². The van der Waals surface area contributed by atoms with Gasteiger partial charge in [0, 0.05) is 28.4 Å². The first-order valence-electron chi connectivity index (χ1n) is 8.99. The van der Waals surface area contributed by atoms with Gasteiger partial charge >= 0.3 is 0 Å². The molecule has 0 amide bonds. The largest absolute Gasteiger partial charge is 0.455 e. The van der Waals surface area contributed by atoms with Crippen molar-refractivity contribution in [3.05, 3.63) is 34.9 Å². The minimum Gasteiger partial charge on any atom is -0.455 e. The molecule has 0 unspecified atom stereocenters. The van der Waals surface area contributed by atoms with E-state index in [-0.39, 0.29) is 5.54 Å². The zero-order valence-corrected chi connectivity index (χ0v) is 15.6. The molecule has 1 saturated heterocycles. The molecule has 4 heteroatoms. The summed E-state index contributed by atoms with van der Waals surface area (Å²) in [6.45, 7) is 14.4. The van der Waals surface area contributed by atoms with E-state index in [1.807, 2.05) is 6.07 Å². The van der Waals surface area contributed by atoms with Crippen molar-refractivity contribution in [1.29, 1.82) is 0 Å². The Kier molecular flexibility index (Phi) is 3.24. The van der Waals surface area contributed by atoms with E-state index >= 15 is 0 Å². The summed E-state index contributed by atoms with van der Waals surface area (Å²) in [6.07, 6.45) is 3.39. The second-order valence-corrected chi connectivity index (χ2v) is 8.79. The highest BCUT2D eigenvalue weighted by molar-refractivity contribution is 6.70. The van der Waals surface area contributed by atoms with Crippen LogP contribution >= 0.6 is 0 Å². The number of nitrogens with zero attached hydrogens (tertiary/aromatic N) is 2. The van der Waals surface area contributed by atoms with Crippen LogP contribution in [-0.4, -0.2) is 28.4 Å². The molecule has 0 saturated carbocycles. The minimum absolute atomic E-state index is 0.130. The van der Waals surface area contributed by atoms with E-state index in [0.717, 1.165) is 11.0 Å². The fraction of sp³-hybridized carbons (Fsp3) is 0.500. The number of furan rings is 1. The Labute approximate surface area is 144 Å². The summed E-state index contributed by atoms with van der Waals surface area (Å²) in [6, 6.07) is 8.79. The van der Waals surface area contributed by atoms with Crippen molar-refractivity contribution in [1.82, 2.24) is 9.93 Å². The third kappa shape index (κ3) is 2.16. The van der Waals surface area contributed by atoms with Gasteiger partial charge in [-0.1, -0.05) is 44.8 Å². The lowest BCUT2D eigenvalue weighted by Gasteiger charge is -2.45. The predicted octanol–water partition coefficient (Wildman–Crippen LogP) is 3.24. The molecule has 2 aliphatic rings. The Bertz CT molecular complexity index is 911. The maximum atomic E-state index is 6.13. The van der Waals surface area contributed by atoms with Gasteiger partial charge in [-0.05, 0) is 38.7 Å². The van der Waals surface area contributed by atoms with Gasteiger partial charge in [0.25, 0.3) is 6.85 Å². The molecule has 0 radical (unpaired) electrons. The second-order valence-electron chi connectivity index (χ2n) is 8.79. The van der Waals surface area contributed by atoms with Crippen LogP contribution in [0.4, 0.5) is 0 Å². The van der Waals surface area contributed by atoms with E-state index in [2.05, 4.69) is 81.7 Å². The molecule has 0 bridgehead atoms. The van der Waals surface area contributed by atoms with Crippen LogP contribution in [0.2, 0.25) is 6.82 Å². The van der Waals surface area contributed by atoms with Crippen molar-refractivity contribution >= 4 is 30.0 Å². The van der Waals surface area contributed by atoms with Crippen molar-refractivity contribution in [2.45, 2.75) is 59.4 Å².